The van der Waals surface area contributed by atoms with E-state index in [0.29, 0.717) is 10.7 Å². The molecule has 0 saturated carbocycles. The number of nitrogens with one attached hydrogen (secondary N) is 1. The number of nitrogens with zero attached hydrogens (tertiary/aromatic N) is 2. The number of anilines is 1. The largest absolute Gasteiger partial charge is 0.352 e. The highest BCUT2D eigenvalue weighted by Crippen LogP contribution is 2.23. The predicted octanol–water partition coefficient (Wildman–Crippen LogP) is 4.56. The van der Waals surface area contributed by atoms with Crippen LogP contribution in [-0.4, -0.2) is 50.0 Å². The number of rotatable bonds is 11. The molecule has 0 aromatic heterocycles. The van der Waals surface area contributed by atoms with Crippen molar-refractivity contribution in [2.45, 2.75) is 65.6 Å². The number of benzene rings is 2. The normalized spacial score (nSPS) is 13.3. The van der Waals surface area contributed by atoms with Gasteiger partial charge >= 0.3 is 0 Å². The molecule has 2 aromatic carbocycles. The molecule has 0 heterocycles. The zero-order valence-corrected chi connectivity index (χ0v) is 22.9. The molecule has 0 saturated heterocycles. The average molecular weight is 522 g/mol. The molecular formula is C26H36ClN3O4S. The third-order valence-corrected chi connectivity index (χ3v) is 7.35. The first kappa shape index (κ1) is 28.7. The fourth-order valence-corrected chi connectivity index (χ4v) is 4.45. The van der Waals surface area contributed by atoms with E-state index in [1.54, 1.807) is 43.3 Å². The van der Waals surface area contributed by atoms with E-state index in [-0.39, 0.29) is 24.4 Å². The van der Waals surface area contributed by atoms with Gasteiger partial charge in [-0.25, -0.2) is 8.42 Å². The number of hydrogen-bond acceptors (Lipinski definition) is 4. The summed E-state index contributed by atoms with van der Waals surface area (Å²) in [6.45, 7) is 9.31. The Labute approximate surface area is 214 Å². The summed E-state index contributed by atoms with van der Waals surface area (Å²) in [5.74, 6) is -0.490. The molecule has 1 N–H and O–H groups in total. The van der Waals surface area contributed by atoms with Gasteiger partial charge in [-0.15, -0.1) is 0 Å². The van der Waals surface area contributed by atoms with Crippen molar-refractivity contribution in [2.24, 2.45) is 0 Å². The molecule has 2 amide bonds. The number of sulfonamides is 1. The summed E-state index contributed by atoms with van der Waals surface area (Å²) in [5, 5.41) is 3.46. The van der Waals surface area contributed by atoms with E-state index in [1.807, 2.05) is 39.8 Å². The van der Waals surface area contributed by atoms with Gasteiger partial charge in [-0.1, -0.05) is 56.6 Å². The SMILES string of the molecule is CC[C@H](C)NC(=O)[C@@H](C)N(Cc1ccc(Cl)cc1)C(=O)CN(c1ccc(C(C)C)cc1)S(C)(=O)=O. The van der Waals surface area contributed by atoms with Crippen molar-refractivity contribution in [3.63, 3.8) is 0 Å². The van der Waals surface area contributed by atoms with Crippen molar-refractivity contribution < 1.29 is 18.0 Å². The minimum atomic E-state index is -3.76. The van der Waals surface area contributed by atoms with Gasteiger partial charge in [-0.2, -0.15) is 0 Å². The quantitative estimate of drug-likeness (QED) is 0.469. The topological polar surface area (TPSA) is 86.8 Å². The Morgan fingerprint density at radius 3 is 2.03 bits per heavy atom. The van der Waals surface area contributed by atoms with Crippen LogP contribution in [0.25, 0.3) is 0 Å². The van der Waals surface area contributed by atoms with Gasteiger partial charge in [-0.05, 0) is 61.6 Å². The number of halogens is 1. The first-order valence-electron chi connectivity index (χ1n) is 11.7. The lowest BCUT2D eigenvalue weighted by Gasteiger charge is -2.32. The number of carbonyl (C=O) groups is 2. The first-order chi connectivity index (χ1) is 16.3. The van der Waals surface area contributed by atoms with Gasteiger partial charge in [0, 0.05) is 17.6 Å². The van der Waals surface area contributed by atoms with E-state index in [4.69, 9.17) is 11.6 Å². The molecule has 35 heavy (non-hydrogen) atoms. The second-order valence-electron chi connectivity index (χ2n) is 9.16. The highest BCUT2D eigenvalue weighted by Gasteiger charge is 2.30. The van der Waals surface area contributed by atoms with Crippen LogP contribution in [0.4, 0.5) is 5.69 Å². The molecule has 0 bridgehead atoms. The molecule has 7 nitrogen and oxygen atoms in total. The second-order valence-corrected chi connectivity index (χ2v) is 11.5. The van der Waals surface area contributed by atoms with Crippen LogP contribution in [0.15, 0.2) is 48.5 Å². The van der Waals surface area contributed by atoms with Crippen LogP contribution in [-0.2, 0) is 26.2 Å². The van der Waals surface area contributed by atoms with Crippen molar-refractivity contribution in [1.29, 1.82) is 0 Å². The van der Waals surface area contributed by atoms with Crippen molar-refractivity contribution in [3.8, 4) is 0 Å². The van der Waals surface area contributed by atoms with Crippen LogP contribution in [0.1, 0.15) is 58.1 Å². The standard InChI is InChI=1S/C26H36ClN3O4S/c1-7-19(4)28-26(32)20(5)29(16-21-8-12-23(27)13-9-21)25(31)17-30(35(6,33)34)24-14-10-22(11-15-24)18(2)3/h8-15,18-20H,7,16-17H2,1-6H3,(H,28,32)/t19-,20+/m0/s1. The summed E-state index contributed by atoms with van der Waals surface area (Å²) >= 11 is 6.00. The Morgan fingerprint density at radius 1 is 0.971 bits per heavy atom. The number of carbonyl (C=O) groups excluding carboxylic acids is 2. The van der Waals surface area contributed by atoms with Crippen molar-refractivity contribution in [2.75, 3.05) is 17.1 Å². The molecule has 9 heteroatoms. The Hall–Kier alpha value is -2.58. The average Bonchev–Trinajstić information content (AvgIpc) is 2.80. The van der Waals surface area contributed by atoms with Gasteiger partial charge < -0.3 is 10.2 Å². The maximum Gasteiger partial charge on any atom is 0.244 e. The Balaban J connectivity index is 2.37. The van der Waals surface area contributed by atoms with E-state index in [0.717, 1.165) is 28.1 Å². The van der Waals surface area contributed by atoms with Crippen LogP contribution < -0.4 is 9.62 Å². The third kappa shape index (κ3) is 8.25. The second kappa shape index (κ2) is 12.4. The number of amides is 2. The summed E-state index contributed by atoms with van der Waals surface area (Å²) in [4.78, 5) is 27.8. The molecule has 0 aliphatic carbocycles. The Kier molecular flexibility index (Phi) is 10.2. The van der Waals surface area contributed by atoms with Crippen molar-refractivity contribution >= 4 is 39.1 Å². The summed E-state index contributed by atoms with van der Waals surface area (Å²) < 4.78 is 26.4. The predicted molar refractivity (Wildman–Crippen MR) is 142 cm³/mol. The maximum atomic E-state index is 13.5. The maximum absolute atomic E-state index is 13.5. The van der Waals surface area contributed by atoms with Crippen molar-refractivity contribution in [3.05, 3.63) is 64.7 Å². The van der Waals surface area contributed by atoms with Gasteiger partial charge in [0.25, 0.3) is 0 Å². The van der Waals surface area contributed by atoms with Crippen LogP contribution in [0.2, 0.25) is 5.02 Å². The van der Waals surface area contributed by atoms with E-state index < -0.39 is 28.5 Å². The van der Waals surface area contributed by atoms with E-state index in [2.05, 4.69) is 5.32 Å². The summed E-state index contributed by atoms with van der Waals surface area (Å²) in [7, 11) is -3.76. The van der Waals surface area contributed by atoms with Crippen LogP contribution in [0.3, 0.4) is 0 Å². The van der Waals surface area contributed by atoms with Crippen LogP contribution >= 0.6 is 11.6 Å². The molecular weight excluding hydrogens is 486 g/mol. The smallest absolute Gasteiger partial charge is 0.244 e. The zero-order valence-electron chi connectivity index (χ0n) is 21.3. The van der Waals surface area contributed by atoms with Crippen molar-refractivity contribution in [1.82, 2.24) is 10.2 Å². The molecule has 192 valence electrons. The monoisotopic (exact) mass is 521 g/mol. The van der Waals surface area contributed by atoms with Gasteiger partial charge in [0.05, 0.1) is 11.9 Å². The summed E-state index contributed by atoms with van der Waals surface area (Å²) in [5.41, 5.74) is 2.24. The molecule has 0 unspecified atom stereocenters. The lowest BCUT2D eigenvalue weighted by atomic mass is 10.0. The molecule has 0 aliphatic rings. The Bertz CT molecular complexity index is 1100. The number of hydrogen-bond donors (Lipinski definition) is 1. The highest BCUT2D eigenvalue weighted by molar-refractivity contribution is 7.92. The van der Waals surface area contributed by atoms with Gasteiger partial charge in [0.1, 0.15) is 12.6 Å². The highest BCUT2D eigenvalue weighted by atomic mass is 35.5. The first-order valence-corrected chi connectivity index (χ1v) is 14.0. The van der Waals surface area contributed by atoms with Gasteiger partial charge in [-0.3, -0.25) is 13.9 Å². The zero-order chi connectivity index (χ0) is 26.3. The molecule has 2 rings (SSSR count). The summed E-state index contributed by atoms with van der Waals surface area (Å²) in [6, 6.07) is 13.2. The molecule has 0 fully saturated rings. The van der Waals surface area contributed by atoms with Gasteiger partial charge in [0.2, 0.25) is 21.8 Å². The molecule has 2 aromatic rings. The Morgan fingerprint density at radius 2 is 1.54 bits per heavy atom. The lowest BCUT2D eigenvalue weighted by molar-refractivity contribution is -0.139. The van der Waals surface area contributed by atoms with E-state index in [9.17, 15) is 18.0 Å². The van der Waals surface area contributed by atoms with Gasteiger partial charge in [0.15, 0.2) is 0 Å². The fourth-order valence-electron chi connectivity index (χ4n) is 3.47. The molecule has 2 atom stereocenters. The minimum absolute atomic E-state index is 0.0515. The van der Waals surface area contributed by atoms with Crippen LogP contribution in [0, 0.1) is 0 Å². The summed E-state index contributed by atoms with van der Waals surface area (Å²) in [6.07, 6.45) is 1.82. The van der Waals surface area contributed by atoms with E-state index >= 15 is 0 Å². The minimum Gasteiger partial charge on any atom is -0.352 e. The molecule has 0 spiro atoms. The molecule has 0 aliphatic heterocycles. The van der Waals surface area contributed by atoms with E-state index in [1.165, 1.54) is 4.90 Å². The lowest BCUT2D eigenvalue weighted by Crippen LogP contribution is -2.52. The van der Waals surface area contributed by atoms with Crippen LogP contribution in [0.5, 0.6) is 0 Å². The fraction of sp³-hybridized carbons (Fsp3) is 0.462. The molecule has 0 radical (unpaired) electrons. The third-order valence-electron chi connectivity index (χ3n) is 5.96.